The van der Waals surface area contributed by atoms with E-state index in [9.17, 15) is 10.1 Å². The van der Waals surface area contributed by atoms with Crippen LogP contribution in [0.4, 0.5) is 0 Å². The molecule has 24 heavy (non-hydrogen) atoms. The molecule has 1 aromatic rings. The van der Waals surface area contributed by atoms with Gasteiger partial charge in [-0.2, -0.15) is 5.26 Å². The summed E-state index contributed by atoms with van der Waals surface area (Å²) in [4.78, 5) is 17.0. The number of aryl methyl sites for hydroxylation is 1. The van der Waals surface area contributed by atoms with Gasteiger partial charge in [-0.3, -0.25) is 9.69 Å². The number of carbonyl (C=O) groups is 1. The number of aromatic nitrogens is 1. The number of likely N-dealkylation sites (tertiary alicyclic amines) is 1. The lowest BCUT2D eigenvalue weighted by Crippen LogP contribution is -2.60. The van der Waals surface area contributed by atoms with Gasteiger partial charge >= 0.3 is 0 Å². The summed E-state index contributed by atoms with van der Waals surface area (Å²) in [6, 6.07) is 4.79. The fourth-order valence-electron chi connectivity index (χ4n) is 5.11. The molecule has 0 N–H and O–H groups in total. The SMILES string of the molecule is CCn1cc(CN2C[C@H]3C[C@H](C2)[C@@H]2CCCC(=O)N2C3)cc1C#N. The maximum absolute atomic E-state index is 12.2. The molecule has 0 unspecified atom stereocenters. The second-order valence-electron chi connectivity index (χ2n) is 7.69. The number of amides is 1. The highest BCUT2D eigenvalue weighted by Gasteiger charge is 2.43. The van der Waals surface area contributed by atoms with Crippen LogP contribution in [0.15, 0.2) is 12.3 Å². The van der Waals surface area contributed by atoms with E-state index >= 15 is 0 Å². The molecule has 0 saturated carbocycles. The van der Waals surface area contributed by atoms with Crippen molar-refractivity contribution in [3.05, 3.63) is 23.5 Å². The molecule has 0 spiro atoms. The first-order chi connectivity index (χ1) is 11.7. The van der Waals surface area contributed by atoms with Crippen LogP contribution in [-0.4, -0.2) is 46.0 Å². The Morgan fingerprint density at radius 1 is 1.33 bits per heavy atom. The molecule has 1 amide bonds. The largest absolute Gasteiger partial charge is 0.339 e. The molecule has 3 aliphatic heterocycles. The molecule has 2 bridgehead atoms. The summed E-state index contributed by atoms with van der Waals surface area (Å²) in [7, 11) is 0. The molecule has 5 nitrogen and oxygen atoms in total. The molecule has 1 aromatic heterocycles. The van der Waals surface area contributed by atoms with E-state index in [1.54, 1.807) is 0 Å². The number of rotatable bonds is 3. The first-order valence-electron chi connectivity index (χ1n) is 9.29. The first kappa shape index (κ1) is 15.7. The van der Waals surface area contributed by atoms with Crippen LogP contribution in [0.2, 0.25) is 0 Å². The molecular formula is C19H26N4O. The van der Waals surface area contributed by atoms with E-state index < -0.39 is 0 Å². The number of hydrogen-bond acceptors (Lipinski definition) is 3. The van der Waals surface area contributed by atoms with E-state index in [-0.39, 0.29) is 0 Å². The lowest BCUT2D eigenvalue weighted by molar-refractivity contribution is -0.145. The van der Waals surface area contributed by atoms with Crippen LogP contribution in [0.1, 0.15) is 43.9 Å². The smallest absolute Gasteiger partial charge is 0.222 e. The molecular weight excluding hydrogens is 300 g/mol. The Bertz CT molecular complexity index is 673. The van der Waals surface area contributed by atoms with Gasteiger partial charge in [0.2, 0.25) is 5.91 Å². The average Bonchev–Trinajstić information content (AvgIpc) is 2.98. The molecule has 4 rings (SSSR count). The van der Waals surface area contributed by atoms with Crippen LogP contribution >= 0.6 is 0 Å². The van der Waals surface area contributed by atoms with Gasteiger partial charge < -0.3 is 9.47 Å². The van der Waals surface area contributed by atoms with E-state index in [1.807, 2.05) is 10.6 Å². The van der Waals surface area contributed by atoms with Crippen molar-refractivity contribution in [1.29, 1.82) is 5.26 Å². The third-order valence-corrected chi connectivity index (χ3v) is 6.07. The zero-order valence-electron chi connectivity index (χ0n) is 14.4. The minimum atomic E-state index is 0.382. The number of nitrogens with zero attached hydrogens (tertiary/aromatic N) is 4. The van der Waals surface area contributed by atoms with Crippen molar-refractivity contribution in [2.75, 3.05) is 19.6 Å². The zero-order chi connectivity index (χ0) is 16.7. The third kappa shape index (κ3) is 2.73. The molecule has 3 saturated heterocycles. The normalized spacial score (nSPS) is 30.1. The monoisotopic (exact) mass is 326 g/mol. The quantitative estimate of drug-likeness (QED) is 0.856. The lowest BCUT2D eigenvalue weighted by atomic mass is 9.76. The molecule has 0 radical (unpaired) electrons. The Hall–Kier alpha value is -1.80. The predicted molar refractivity (Wildman–Crippen MR) is 91.0 cm³/mol. The minimum absolute atomic E-state index is 0.382. The van der Waals surface area contributed by atoms with E-state index in [0.29, 0.717) is 23.8 Å². The predicted octanol–water partition coefficient (Wildman–Crippen LogP) is 2.21. The van der Waals surface area contributed by atoms with Crippen LogP contribution in [0.3, 0.4) is 0 Å². The topological polar surface area (TPSA) is 52.3 Å². The van der Waals surface area contributed by atoms with Gasteiger partial charge in [0.15, 0.2) is 0 Å². The summed E-state index contributed by atoms with van der Waals surface area (Å²) in [6.07, 6.45) is 6.40. The number of nitriles is 1. The molecule has 3 atom stereocenters. The molecule has 4 heterocycles. The Balaban J connectivity index is 1.47. The molecule has 0 aromatic carbocycles. The highest BCUT2D eigenvalue weighted by Crippen LogP contribution is 2.38. The lowest BCUT2D eigenvalue weighted by Gasteiger charge is -2.52. The van der Waals surface area contributed by atoms with Crippen molar-refractivity contribution in [1.82, 2.24) is 14.4 Å². The summed E-state index contributed by atoms with van der Waals surface area (Å²) < 4.78 is 2.03. The van der Waals surface area contributed by atoms with Crippen molar-refractivity contribution in [3.8, 4) is 6.07 Å². The second-order valence-corrected chi connectivity index (χ2v) is 7.69. The summed E-state index contributed by atoms with van der Waals surface area (Å²) in [5.41, 5.74) is 2.00. The standard InChI is InChI=1S/C19H26N4O/c1-2-22-11-15(7-17(22)8-20)10-21-9-14-6-16(13-21)18-4-3-5-19(24)23(18)12-14/h7,11,14,16,18H,2-6,9-10,12-13H2,1H3/t14-,16-,18+/m1/s1. The van der Waals surface area contributed by atoms with Gasteiger partial charge in [0.05, 0.1) is 0 Å². The highest BCUT2D eigenvalue weighted by atomic mass is 16.2. The van der Waals surface area contributed by atoms with Crippen LogP contribution in [-0.2, 0) is 17.9 Å². The number of carbonyl (C=O) groups excluding carboxylic acids is 1. The highest BCUT2D eigenvalue weighted by molar-refractivity contribution is 5.77. The number of fused-ring (bicyclic) bond motifs is 4. The van der Waals surface area contributed by atoms with Gasteiger partial charge in [0.1, 0.15) is 11.8 Å². The Labute approximate surface area is 143 Å². The molecule has 0 aliphatic carbocycles. The fraction of sp³-hybridized carbons (Fsp3) is 0.684. The van der Waals surface area contributed by atoms with Gasteiger partial charge in [-0.1, -0.05) is 0 Å². The van der Waals surface area contributed by atoms with Crippen molar-refractivity contribution in [2.45, 2.75) is 51.7 Å². The summed E-state index contributed by atoms with van der Waals surface area (Å²) in [5.74, 6) is 1.63. The third-order valence-electron chi connectivity index (χ3n) is 6.07. The Kier molecular flexibility index (Phi) is 4.09. The average molecular weight is 326 g/mol. The maximum atomic E-state index is 12.2. The van der Waals surface area contributed by atoms with Crippen molar-refractivity contribution < 1.29 is 4.79 Å². The van der Waals surface area contributed by atoms with Gasteiger partial charge in [-0.25, -0.2) is 0 Å². The zero-order valence-corrected chi connectivity index (χ0v) is 14.4. The van der Waals surface area contributed by atoms with Crippen molar-refractivity contribution in [3.63, 3.8) is 0 Å². The maximum Gasteiger partial charge on any atom is 0.222 e. The van der Waals surface area contributed by atoms with E-state index in [2.05, 4.69) is 29.0 Å². The molecule has 5 heteroatoms. The van der Waals surface area contributed by atoms with Gasteiger partial charge in [-0.15, -0.1) is 0 Å². The Morgan fingerprint density at radius 3 is 2.96 bits per heavy atom. The van der Waals surface area contributed by atoms with Crippen LogP contribution in [0.25, 0.3) is 0 Å². The van der Waals surface area contributed by atoms with Gasteiger partial charge in [-0.05, 0) is 49.7 Å². The van der Waals surface area contributed by atoms with Crippen molar-refractivity contribution in [2.24, 2.45) is 11.8 Å². The molecule has 128 valence electrons. The summed E-state index contributed by atoms with van der Waals surface area (Å²) >= 11 is 0. The second kappa shape index (κ2) is 6.25. The van der Waals surface area contributed by atoms with E-state index in [0.717, 1.165) is 51.3 Å². The van der Waals surface area contributed by atoms with E-state index in [4.69, 9.17) is 0 Å². The summed E-state index contributed by atoms with van der Waals surface area (Å²) in [5, 5.41) is 9.23. The van der Waals surface area contributed by atoms with Crippen LogP contribution in [0.5, 0.6) is 0 Å². The van der Waals surface area contributed by atoms with Crippen molar-refractivity contribution >= 4 is 5.91 Å². The molecule has 3 aliphatic rings. The summed E-state index contributed by atoms with van der Waals surface area (Å²) in [6.45, 7) is 6.96. The molecule has 3 fully saturated rings. The van der Waals surface area contributed by atoms with E-state index in [1.165, 1.54) is 18.4 Å². The van der Waals surface area contributed by atoms with Gasteiger partial charge in [0, 0.05) is 51.4 Å². The first-order valence-corrected chi connectivity index (χ1v) is 9.29. The fourth-order valence-corrected chi connectivity index (χ4v) is 5.11. The number of hydrogen-bond donors (Lipinski definition) is 0. The van der Waals surface area contributed by atoms with Gasteiger partial charge in [0.25, 0.3) is 0 Å². The Morgan fingerprint density at radius 2 is 2.21 bits per heavy atom. The van der Waals surface area contributed by atoms with Crippen LogP contribution < -0.4 is 0 Å². The minimum Gasteiger partial charge on any atom is -0.339 e. The van der Waals surface area contributed by atoms with Crippen LogP contribution in [0, 0.1) is 23.2 Å². The number of piperidine rings is 3.